The Morgan fingerprint density at radius 3 is 2.17 bits per heavy atom. The van der Waals surface area contributed by atoms with Crippen LogP contribution in [0.15, 0.2) is 41.4 Å². The summed E-state index contributed by atoms with van der Waals surface area (Å²) in [6.07, 6.45) is 3.62. The van der Waals surface area contributed by atoms with Gasteiger partial charge in [-0.05, 0) is 64.6 Å². The zero-order valence-corrected chi connectivity index (χ0v) is 21.7. The fourth-order valence-corrected chi connectivity index (χ4v) is 5.67. The minimum absolute atomic E-state index is 0.0996. The van der Waals surface area contributed by atoms with Crippen LogP contribution in [0.2, 0.25) is 0 Å². The molecule has 2 saturated heterocycles. The zero-order valence-electron chi connectivity index (χ0n) is 21.7. The Morgan fingerprint density at radius 1 is 0.972 bits per heavy atom. The molecule has 0 aromatic heterocycles. The van der Waals surface area contributed by atoms with E-state index in [1.165, 1.54) is 6.07 Å². The monoisotopic (exact) mass is 496 g/mol. The Bertz CT molecular complexity index is 1220. The van der Waals surface area contributed by atoms with Crippen molar-refractivity contribution in [1.82, 2.24) is 0 Å². The average molecular weight is 496 g/mol. The van der Waals surface area contributed by atoms with Crippen molar-refractivity contribution in [3.8, 4) is 0 Å². The van der Waals surface area contributed by atoms with Crippen molar-refractivity contribution in [2.75, 3.05) is 0 Å². The van der Waals surface area contributed by atoms with Gasteiger partial charge < -0.3 is 23.7 Å². The highest BCUT2D eigenvalue weighted by atomic mass is 19.1. The van der Waals surface area contributed by atoms with Gasteiger partial charge in [-0.2, -0.15) is 0 Å². The minimum Gasteiger partial charge on any atom is -0.481 e. The lowest BCUT2D eigenvalue weighted by molar-refractivity contribution is -0.141. The van der Waals surface area contributed by atoms with E-state index in [9.17, 15) is 19.1 Å². The molecule has 190 valence electrons. The number of hydrogen-bond acceptors (Lipinski definition) is 6. The first kappa shape index (κ1) is 25.4. The van der Waals surface area contributed by atoms with Crippen LogP contribution in [0.5, 0.6) is 0 Å². The Balaban J connectivity index is 1.73. The van der Waals surface area contributed by atoms with Gasteiger partial charge in [0.15, 0.2) is 5.78 Å². The first-order valence-corrected chi connectivity index (χ1v) is 12.3. The number of halogens is 1. The Morgan fingerprint density at radius 2 is 1.56 bits per heavy atom. The molecule has 3 aliphatic heterocycles. The SMILES string of the molecule is CC1C2=CC(=CC1C(=O)O)B1OC(C)(C)C(C)(CC3(C)OB(OC3(C)C)c3cc(F)cc(c3)C2=O)O1. The number of hydrogen-bond donors (Lipinski definition) is 1. The minimum atomic E-state index is -1.06. The van der Waals surface area contributed by atoms with E-state index in [2.05, 4.69) is 0 Å². The van der Waals surface area contributed by atoms with Crippen molar-refractivity contribution in [2.24, 2.45) is 11.8 Å². The summed E-state index contributed by atoms with van der Waals surface area (Å²) in [6, 6.07) is 4.02. The number of aliphatic carboxylic acids is 1. The Hall–Kier alpha value is -2.26. The van der Waals surface area contributed by atoms with Crippen LogP contribution in [0.25, 0.3) is 0 Å². The average Bonchev–Trinajstić information content (AvgIpc) is 3.13. The molecule has 0 radical (unpaired) electrons. The number of allylic oxidation sites excluding steroid dienone is 3. The molecule has 0 spiro atoms. The van der Waals surface area contributed by atoms with Crippen LogP contribution in [0, 0.1) is 17.7 Å². The fraction of sp³-hybridized carbons (Fsp3) is 0.538. The Kier molecular flexibility index (Phi) is 5.55. The zero-order chi connectivity index (χ0) is 26.4. The van der Waals surface area contributed by atoms with Crippen molar-refractivity contribution < 1.29 is 37.7 Å². The molecule has 1 aliphatic carbocycles. The molecule has 10 heteroatoms. The predicted molar refractivity (Wildman–Crippen MR) is 132 cm³/mol. The number of carbonyl (C=O) groups excluding carboxylic acids is 1. The molecule has 0 saturated carbocycles. The topological polar surface area (TPSA) is 91.3 Å². The van der Waals surface area contributed by atoms with E-state index in [0.717, 1.165) is 6.07 Å². The number of carboxylic acid groups (broad SMARTS) is 1. The summed E-state index contributed by atoms with van der Waals surface area (Å²) in [7, 11) is -1.79. The summed E-state index contributed by atoms with van der Waals surface area (Å²) in [5, 5.41) is 9.94. The molecule has 2 fully saturated rings. The number of Topliss-reactive ketones (excluding diaryl/α,β-unsaturated/α-hetero) is 1. The quantitative estimate of drug-likeness (QED) is 0.596. The van der Waals surface area contributed by atoms with E-state index >= 15 is 0 Å². The maximum atomic E-state index is 14.8. The van der Waals surface area contributed by atoms with Crippen molar-refractivity contribution in [2.45, 2.75) is 77.3 Å². The van der Waals surface area contributed by atoms with Crippen LogP contribution in [0.4, 0.5) is 4.39 Å². The van der Waals surface area contributed by atoms with E-state index in [1.54, 1.807) is 25.1 Å². The standard InChI is InChI=1S/C26H31B2FO7/c1-14-19-11-17(12-20(14)22(31)32)28-34-24(4,5)26(7,36-28)13-25(6)23(2,3)33-27(35-25)16-8-15(21(19)30)9-18(29)10-16/h8-12,14,20H,13H2,1-7H3,(H,31,32). The summed E-state index contributed by atoms with van der Waals surface area (Å²) >= 11 is 0. The largest absolute Gasteiger partial charge is 0.494 e. The van der Waals surface area contributed by atoms with Crippen molar-refractivity contribution in [1.29, 1.82) is 0 Å². The molecule has 7 nitrogen and oxygen atoms in total. The molecule has 4 atom stereocenters. The van der Waals surface area contributed by atoms with Crippen LogP contribution >= 0.6 is 0 Å². The van der Waals surface area contributed by atoms with Crippen molar-refractivity contribution in [3.63, 3.8) is 0 Å². The second-order valence-electron chi connectivity index (χ2n) is 11.8. The number of ketones is 1. The van der Waals surface area contributed by atoms with E-state index in [4.69, 9.17) is 18.6 Å². The summed E-state index contributed by atoms with van der Waals surface area (Å²) < 4.78 is 40.5. The molecule has 8 bridgehead atoms. The van der Waals surface area contributed by atoms with Crippen molar-refractivity contribution >= 4 is 31.5 Å². The summed E-state index contributed by atoms with van der Waals surface area (Å²) in [4.78, 5) is 25.8. The van der Waals surface area contributed by atoms with Gasteiger partial charge >= 0.3 is 20.2 Å². The van der Waals surface area contributed by atoms with Gasteiger partial charge in [0.1, 0.15) is 5.82 Å². The molecule has 36 heavy (non-hydrogen) atoms. The van der Waals surface area contributed by atoms with Gasteiger partial charge in [-0.3, -0.25) is 9.59 Å². The van der Waals surface area contributed by atoms with Crippen LogP contribution in [0.1, 0.15) is 65.2 Å². The first-order valence-electron chi connectivity index (χ1n) is 12.3. The van der Waals surface area contributed by atoms with Crippen molar-refractivity contribution in [3.05, 3.63) is 52.8 Å². The molecular formula is C26H31B2FO7. The molecular weight excluding hydrogens is 465 g/mol. The van der Waals surface area contributed by atoms with Gasteiger partial charge in [-0.1, -0.05) is 25.1 Å². The number of carboxylic acids is 1. The lowest BCUT2D eigenvalue weighted by atomic mass is 9.67. The van der Waals surface area contributed by atoms with Gasteiger partial charge in [0.25, 0.3) is 0 Å². The highest BCUT2D eigenvalue weighted by molar-refractivity contribution is 6.62. The third kappa shape index (κ3) is 3.72. The molecule has 4 aliphatic rings. The number of fused-ring (bicyclic) bond motifs is 9. The Labute approximate surface area is 211 Å². The smallest absolute Gasteiger partial charge is 0.481 e. The lowest BCUT2D eigenvalue weighted by Crippen LogP contribution is -2.55. The fourth-order valence-electron chi connectivity index (χ4n) is 5.67. The van der Waals surface area contributed by atoms with E-state index in [1.807, 2.05) is 41.5 Å². The number of carbonyl (C=O) groups is 2. The lowest BCUT2D eigenvalue weighted by Gasteiger charge is -2.45. The molecule has 5 rings (SSSR count). The number of benzene rings is 1. The van der Waals surface area contributed by atoms with Gasteiger partial charge in [-0.15, -0.1) is 0 Å². The van der Waals surface area contributed by atoms with Gasteiger partial charge in [0, 0.05) is 23.5 Å². The predicted octanol–water partition coefficient (Wildman–Crippen LogP) is 3.51. The molecule has 1 aromatic rings. The van der Waals surface area contributed by atoms with E-state index in [-0.39, 0.29) is 11.1 Å². The summed E-state index contributed by atoms with van der Waals surface area (Å²) in [5.41, 5.74) is -2.10. The molecule has 4 unspecified atom stereocenters. The van der Waals surface area contributed by atoms with Gasteiger partial charge in [-0.25, -0.2) is 4.39 Å². The van der Waals surface area contributed by atoms with E-state index in [0.29, 0.717) is 17.4 Å². The normalized spacial score (nSPS) is 34.7. The molecule has 3 heterocycles. The van der Waals surface area contributed by atoms with Crippen LogP contribution in [-0.2, 0) is 23.4 Å². The second-order valence-corrected chi connectivity index (χ2v) is 11.8. The number of rotatable bonds is 1. The van der Waals surface area contributed by atoms with Gasteiger partial charge in [0.05, 0.1) is 28.3 Å². The van der Waals surface area contributed by atoms with Gasteiger partial charge in [0.2, 0.25) is 0 Å². The molecule has 1 N–H and O–H groups in total. The van der Waals surface area contributed by atoms with Crippen LogP contribution in [-0.4, -0.2) is 53.5 Å². The van der Waals surface area contributed by atoms with Crippen LogP contribution < -0.4 is 5.46 Å². The first-order chi connectivity index (χ1) is 16.6. The molecule has 1 aromatic carbocycles. The maximum absolute atomic E-state index is 14.8. The summed E-state index contributed by atoms with van der Waals surface area (Å²) in [5.74, 6) is -3.73. The second kappa shape index (κ2) is 7.87. The summed E-state index contributed by atoms with van der Waals surface area (Å²) in [6.45, 7) is 13.2. The van der Waals surface area contributed by atoms with E-state index < -0.39 is 66.0 Å². The molecule has 0 amide bonds. The highest BCUT2D eigenvalue weighted by Gasteiger charge is 2.63. The third-order valence-corrected chi connectivity index (χ3v) is 8.76. The maximum Gasteiger partial charge on any atom is 0.494 e. The van der Waals surface area contributed by atoms with Crippen LogP contribution in [0.3, 0.4) is 0 Å². The highest BCUT2D eigenvalue weighted by Crippen LogP contribution is 2.50. The third-order valence-electron chi connectivity index (χ3n) is 8.76.